The summed E-state index contributed by atoms with van der Waals surface area (Å²) in [5, 5.41) is 3.59. The van der Waals surface area contributed by atoms with Gasteiger partial charge in [-0.1, -0.05) is 12.6 Å². The first kappa shape index (κ1) is 7.59. The third-order valence-electron chi connectivity index (χ3n) is 0.800. The van der Waals surface area contributed by atoms with Crippen molar-refractivity contribution in [2.75, 3.05) is 5.84 Å². The quantitative estimate of drug-likeness (QED) is 0.404. The Morgan fingerprint density at radius 3 is 2.62 bits per heavy atom. The van der Waals surface area contributed by atoms with Crippen LogP contribution in [0.2, 0.25) is 0 Å². The maximum absolute atomic E-state index is 5.21. The minimum absolute atomic E-state index is 0. The Labute approximate surface area is 59.7 Å². The van der Waals surface area contributed by atoms with Crippen LogP contribution in [0, 0.1) is 13.1 Å². The maximum Gasteiger partial charge on any atom is 0 e. The maximum atomic E-state index is 5.21. The Bertz CT molecular complexity index is 144. The monoisotopic (exact) mass is 147 g/mol. The molecule has 0 fully saturated rings. The summed E-state index contributed by atoms with van der Waals surface area (Å²) in [6.45, 7) is 1.86. The molecule has 43 valence electrons. The predicted molar refractivity (Wildman–Crippen MR) is 26.0 cm³/mol. The molecular weight excluding hydrogens is 141 g/mol. The van der Waals surface area contributed by atoms with E-state index in [-0.39, 0.29) is 18.6 Å². The summed E-state index contributed by atoms with van der Waals surface area (Å²) in [6, 6.07) is 1.72. The van der Waals surface area contributed by atoms with Crippen LogP contribution in [0.1, 0.15) is 5.69 Å². The van der Waals surface area contributed by atoms with Crippen molar-refractivity contribution < 1.29 is 18.6 Å². The molecular formula is C4H6N3V-. The van der Waals surface area contributed by atoms with E-state index in [4.69, 9.17) is 5.84 Å². The summed E-state index contributed by atoms with van der Waals surface area (Å²) in [5.74, 6) is 5.21. The van der Waals surface area contributed by atoms with Gasteiger partial charge in [-0.3, -0.25) is 9.89 Å². The molecule has 0 aromatic carbocycles. The van der Waals surface area contributed by atoms with E-state index in [2.05, 4.69) is 11.3 Å². The zero-order valence-corrected chi connectivity index (χ0v) is 5.89. The van der Waals surface area contributed by atoms with Crippen molar-refractivity contribution in [1.29, 1.82) is 0 Å². The van der Waals surface area contributed by atoms with E-state index in [0.29, 0.717) is 0 Å². The molecule has 0 aliphatic rings. The van der Waals surface area contributed by atoms with Gasteiger partial charge in [0, 0.05) is 18.6 Å². The van der Waals surface area contributed by atoms with Gasteiger partial charge in [0.1, 0.15) is 0 Å². The van der Waals surface area contributed by atoms with Gasteiger partial charge in [-0.25, -0.2) is 0 Å². The molecule has 1 heterocycles. The number of rotatable bonds is 0. The molecule has 1 rings (SSSR count). The number of nitrogen functional groups attached to an aromatic ring is 1. The topological polar surface area (TPSA) is 43.8 Å². The van der Waals surface area contributed by atoms with Crippen LogP contribution in [0.3, 0.4) is 0 Å². The minimum Gasteiger partial charge on any atom is -0.341 e. The molecule has 4 heteroatoms. The number of hydrogen-bond donors (Lipinski definition) is 1. The Kier molecular flexibility index (Phi) is 2.65. The van der Waals surface area contributed by atoms with Crippen molar-refractivity contribution in [3.05, 3.63) is 18.0 Å². The molecule has 2 N–H and O–H groups in total. The predicted octanol–water partition coefficient (Wildman–Crippen LogP) is -0.297. The van der Waals surface area contributed by atoms with Crippen LogP contribution in [0.15, 0.2) is 6.07 Å². The van der Waals surface area contributed by atoms with E-state index in [0.717, 1.165) is 5.69 Å². The van der Waals surface area contributed by atoms with Crippen LogP contribution >= 0.6 is 0 Å². The first-order valence-electron chi connectivity index (χ1n) is 1.98. The van der Waals surface area contributed by atoms with E-state index < -0.39 is 0 Å². The summed E-state index contributed by atoms with van der Waals surface area (Å²) in [7, 11) is 0. The van der Waals surface area contributed by atoms with Crippen LogP contribution < -0.4 is 5.84 Å². The average molecular weight is 147 g/mol. The molecule has 3 nitrogen and oxygen atoms in total. The van der Waals surface area contributed by atoms with E-state index in [1.165, 1.54) is 4.79 Å². The van der Waals surface area contributed by atoms with Crippen molar-refractivity contribution in [2.24, 2.45) is 0 Å². The van der Waals surface area contributed by atoms with Gasteiger partial charge in [0.2, 0.25) is 0 Å². The van der Waals surface area contributed by atoms with Crippen LogP contribution in [0.5, 0.6) is 0 Å². The van der Waals surface area contributed by atoms with Gasteiger partial charge in [-0.2, -0.15) is 6.07 Å². The first-order chi connectivity index (χ1) is 3.30. The van der Waals surface area contributed by atoms with Gasteiger partial charge in [0.05, 0.1) is 0 Å². The summed E-state index contributed by atoms with van der Waals surface area (Å²) < 4.78 is 0. The van der Waals surface area contributed by atoms with Gasteiger partial charge >= 0.3 is 0 Å². The number of aryl methyl sites for hydroxylation is 1. The fraction of sp³-hybridized carbons (Fsp3) is 0.250. The molecule has 0 spiro atoms. The minimum atomic E-state index is 0. The SMILES string of the molecule is Cc1c[c-]nn1N.[V]. The molecule has 8 heavy (non-hydrogen) atoms. The van der Waals surface area contributed by atoms with Gasteiger partial charge < -0.3 is 5.84 Å². The molecule has 1 radical (unpaired) electrons. The second-order valence-electron chi connectivity index (χ2n) is 1.36. The van der Waals surface area contributed by atoms with Gasteiger partial charge in [0.25, 0.3) is 0 Å². The fourth-order valence-corrected chi connectivity index (χ4v) is 0.329. The summed E-state index contributed by atoms with van der Waals surface area (Å²) in [6.07, 6.45) is 2.59. The Hall–Kier alpha value is -0.406. The van der Waals surface area contributed by atoms with Gasteiger partial charge in [-0.15, -0.1) is 6.20 Å². The molecule has 0 aliphatic carbocycles. The van der Waals surface area contributed by atoms with Crippen molar-refractivity contribution in [1.82, 2.24) is 9.89 Å². The van der Waals surface area contributed by atoms with Crippen LogP contribution in [-0.4, -0.2) is 9.89 Å². The average Bonchev–Trinajstić information content (AvgIpc) is 1.91. The Morgan fingerprint density at radius 2 is 2.50 bits per heavy atom. The van der Waals surface area contributed by atoms with Crippen LogP contribution in [0.25, 0.3) is 0 Å². The molecule has 1 aromatic rings. The smallest absolute Gasteiger partial charge is 0 e. The van der Waals surface area contributed by atoms with E-state index in [9.17, 15) is 0 Å². The fourth-order valence-electron chi connectivity index (χ4n) is 0.329. The molecule has 0 saturated carbocycles. The van der Waals surface area contributed by atoms with Gasteiger partial charge in [0.15, 0.2) is 0 Å². The van der Waals surface area contributed by atoms with E-state index in [1.54, 1.807) is 6.07 Å². The molecule has 0 saturated heterocycles. The zero-order chi connectivity index (χ0) is 5.28. The zero-order valence-electron chi connectivity index (χ0n) is 4.50. The van der Waals surface area contributed by atoms with Crippen LogP contribution in [-0.2, 0) is 18.6 Å². The third kappa shape index (κ3) is 1.28. The van der Waals surface area contributed by atoms with Crippen LogP contribution in [0.4, 0.5) is 0 Å². The third-order valence-corrected chi connectivity index (χ3v) is 0.800. The number of nitrogens with two attached hydrogens (primary N) is 1. The van der Waals surface area contributed by atoms with Crippen molar-refractivity contribution in [2.45, 2.75) is 6.92 Å². The molecule has 0 atom stereocenters. The molecule has 1 aromatic heterocycles. The normalized spacial score (nSPS) is 8.12. The Morgan fingerprint density at radius 1 is 1.88 bits per heavy atom. The molecule has 0 aliphatic heterocycles. The first-order valence-corrected chi connectivity index (χ1v) is 1.98. The summed E-state index contributed by atoms with van der Waals surface area (Å²) >= 11 is 0. The Balaban J connectivity index is 0.000000490. The standard InChI is InChI=1S/C4H6N3.V/c1-4-2-3-6-7(4)5;/h2H,5H2,1H3;/q-1;. The largest absolute Gasteiger partial charge is 0.341 e. The summed E-state index contributed by atoms with van der Waals surface area (Å²) in [4.78, 5) is 1.28. The van der Waals surface area contributed by atoms with Crippen molar-refractivity contribution in [3.8, 4) is 0 Å². The number of aromatic nitrogens is 2. The second kappa shape index (κ2) is 2.79. The summed E-state index contributed by atoms with van der Waals surface area (Å²) in [5.41, 5.74) is 0.917. The van der Waals surface area contributed by atoms with Gasteiger partial charge in [-0.05, 0) is 0 Å². The van der Waals surface area contributed by atoms with Crippen molar-refractivity contribution in [3.63, 3.8) is 0 Å². The number of hydrogen-bond acceptors (Lipinski definition) is 2. The molecule has 0 amide bonds. The van der Waals surface area contributed by atoms with E-state index in [1.807, 2.05) is 6.92 Å². The van der Waals surface area contributed by atoms with E-state index >= 15 is 0 Å². The molecule has 0 unspecified atom stereocenters. The molecule has 0 bridgehead atoms. The van der Waals surface area contributed by atoms with Crippen molar-refractivity contribution >= 4 is 0 Å². The number of nitrogens with zero attached hydrogens (tertiary/aromatic N) is 2. The second-order valence-corrected chi connectivity index (χ2v) is 1.36.